The second-order valence-electron chi connectivity index (χ2n) is 7.51. The summed E-state index contributed by atoms with van der Waals surface area (Å²) in [7, 11) is 25.9. The van der Waals surface area contributed by atoms with Crippen LogP contribution in [0, 0.1) is 0 Å². The summed E-state index contributed by atoms with van der Waals surface area (Å²) in [6.07, 6.45) is 7.81. The second-order valence-corrected chi connectivity index (χ2v) is 7.51. The maximum Gasteiger partial charge on any atom is 0.239 e. The topological polar surface area (TPSA) is 75.9 Å². The third-order valence-electron chi connectivity index (χ3n) is 5.11. The lowest BCUT2D eigenvalue weighted by molar-refractivity contribution is -0.117. The van der Waals surface area contributed by atoms with Crippen LogP contribution in [0.3, 0.4) is 0 Å². The smallest absolute Gasteiger partial charge is 0.239 e. The van der Waals surface area contributed by atoms with Gasteiger partial charge in [-0.05, 0) is 12.1 Å². The van der Waals surface area contributed by atoms with E-state index in [0.717, 1.165) is 16.5 Å². The molecule has 4 rings (SSSR count). The molecule has 136 valence electrons. The van der Waals surface area contributed by atoms with Crippen molar-refractivity contribution in [2.75, 3.05) is 11.9 Å². The van der Waals surface area contributed by atoms with Crippen molar-refractivity contribution >= 4 is 54.0 Å². The highest BCUT2D eigenvalue weighted by atomic mass is 16.2. The van der Waals surface area contributed by atoms with E-state index in [0.29, 0.717) is 24.2 Å². The number of anilines is 1. The van der Waals surface area contributed by atoms with Gasteiger partial charge in [0.1, 0.15) is 5.82 Å². The van der Waals surface area contributed by atoms with Gasteiger partial charge in [-0.1, -0.05) is 23.5 Å². The van der Waals surface area contributed by atoms with E-state index in [-0.39, 0.29) is 12.5 Å². The molecule has 8 radical (unpaired) electrons. The number of carbonyl (C=O) groups excluding carboxylic acids is 1. The Balaban J connectivity index is 1.54. The van der Waals surface area contributed by atoms with E-state index < -0.39 is 10.7 Å². The highest BCUT2D eigenvalue weighted by molar-refractivity contribution is 6.45. The fraction of sp³-hybridized carbons (Fsp3) is 0.333. The van der Waals surface area contributed by atoms with Gasteiger partial charge in [-0.3, -0.25) is 14.5 Å². The quantitative estimate of drug-likeness (QED) is 0.652. The largest absolute Gasteiger partial charge is 0.317 e. The van der Waals surface area contributed by atoms with Crippen LogP contribution < -0.4 is 5.32 Å². The van der Waals surface area contributed by atoms with E-state index in [1.165, 1.54) is 4.90 Å². The molecule has 0 atom stereocenters. The van der Waals surface area contributed by atoms with Crippen LogP contribution in [0.4, 0.5) is 5.82 Å². The molecule has 0 saturated carbocycles. The number of rotatable bonds is 4. The van der Waals surface area contributed by atoms with Crippen molar-refractivity contribution < 1.29 is 4.79 Å². The summed E-state index contributed by atoms with van der Waals surface area (Å²) in [5.41, 5.74) is 2.57. The third-order valence-corrected chi connectivity index (χ3v) is 5.11. The number of pyridine rings is 2. The summed E-state index contributed by atoms with van der Waals surface area (Å²) < 4.78 is 1.72. The molecule has 1 saturated heterocycles. The normalized spacial score (nSPS) is 18.1. The minimum Gasteiger partial charge on any atom is -0.317 e. The number of amides is 1. The van der Waals surface area contributed by atoms with Crippen molar-refractivity contribution in [2.24, 2.45) is 7.05 Å². The Morgan fingerprint density at radius 2 is 1.79 bits per heavy atom. The fourth-order valence-corrected chi connectivity index (χ4v) is 3.51. The summed E-state index contributed by atoms with van der Waals surface area (Å²) >= 11 is 0. The van der Waals surface area contributed by atoms with Crippen molar-refractivity contribution in [3.8, 4) is 11.1 Å². The van der Waals surface area contributed by atoms with Crippen LogP contribution in [0.1, 0.15) is 12.8 Å². The predicted molar refractivity (Wildman–Crippen MR) is 115 cm³/mol. The molecule has 4 heterocycles. The molecule has 1 amide bonds. The van der Waals surface area contributed by atoms with Crippen molar-refractivity contribution in [3.63, 3.8) is 0 Å². The number of fused-ring (bicyclic) bond motifs is 1. The first-order chi connectivity index (χ1) is 13.6. The molecule has 0 aliphatic carbocycles. The molecular weight excluding hydrogens is 359 g/mol. The van der Waals surface area contributed by atoms with Crippen LogP contribution in [0.25, 0.3) is 22.0 Å². The van der Waals surface area contributed by atoms with Gasteiger partial charge in [-0.25, -0.2) is 4.98 Å². The summed E-state index contributed by atoms with van der Waals surface area (Å²) in [5.74, 6) is 0.0155. The van der Waals surface area contributed by atoms with Gasteiger partial charge in [0, 0.05) is 36.0 Å². The first-order valence-corrected chi connectivity index (χ1v) is 9.12. The average molecular weight is 376 g/mol. The number of carbonyl (C=O) groups is 1. The molecule has 0 spiro atoms. The molecular formula is C18H16B4N6O. The number of nitrogens with one attached hydrogen (secondary N) is 1. The average Bonchev–Trinajstić information content (AvgIpc) is 3.18. The highest BCUT2D eigenvalue weighted by Gasteiger charge is 2.43. The monoisotopic (exact) mass is 376 g/mol. The molecule has 7 nitrogen and oxygen atoms in total. The lowest BCUT2D eigenvalue weighted by atomic mass is 9.58. The van der Waals surface area contributed by atoms with Gasteiger partial charge in [0.05, 0.1) is 55.8 Å². The lowest BCUT2D eigenvalue weighted by Crippen LogP contribution is -2.58. The van der Waals surface area contributed by atoms with E-state index in [1.54, 1.807) is 29.3 Å². The molecule has 1 aliphatic heterocycles. The number of aryl methyl sites for hydroxylation is 1. The van der Waals surface area contributed by atoms with Crippen LogP contribution in [0.15, 0.2) is 36.9 Å². The first kappa shape index (κ1) is 19.8. The van der Waals surface area contributed by atoms with Crippen molar-refractivity contribution in [1.82, 2.24) is 24.6 Å². The third kappa shape index (κ3) is 3.96. The Bertz CT molecular complexity index is 1070. The SMILES string of the molecule is [B]C1([B])CCC([B])([B])N1CC(=O)Nc1cc2cc(-c3cnn(C)c3)cnc2cn1. The van der Waals surface area contributed by atoms with Gasteiger partial charge in [-0.15, -0.1) is 0 Å². The number of hydrogen-bond acceptors (Lipinski definition) is 5. The highest BCUT2D eigenvalue weighted by Crippen LogP contribution is 2.33. The van der Waals surface area contributed by atoms with Gasteiger partial charge in [0.25, 0.3) is 0 Å². The van der Waals surface area contributed by atoms with Gasteiger partial charge in [-0.2, -0.15) is 5.10 Å². The van der Waals surface area contributed by atoms with E-state index in [9.17, 15) is 4.79 Å². The Morgan fingerprint density at radius 3 is 2.45 bits per heavy atom. The van der Waals surface area contributed by atoms with E-state index in [2.05, 4.69) is 20.4 Å². The zero-order valence-corrected chi connectivity index (χ0v) is 16.0. The lowest BCUT2D eigenvalue weighted by Gasteiger charge is -2.41. The van der Waals surface area contributed by atoms with Gasteiger partial charge in [0.2, 0.25) is 5.91 Å². The second kappa shape index (κ2) is 7.06. The Labute approximate surface area is 174 Å². The molecule has 11 heteroatoms. The van der Waals surface area contributed by atoms with Crippen LogP contribution in [0.2, 0.25) is 0 Å². The number of likely N-dealkylation sites (tertiary alicyclic amines) is 1. The van der Waals surface area contributed by atoms with Gasteiger partial charge in [0.15, 0.2) is 0 Å². The molecule has 0 aromatic carbocycles. The minimum atomic E-state index is -1.24. The van der Waals surface area contributed by atoms with Crippen molar-refractivity contribution in [1.29, 1.82) is 0 Å². The molecule has 0 bridgehead atoms. The van der Waals surface area contributed by atoms with E-state index in [4.69, 9.17) is 31.4 Å². The van der Waals surface area contributed by atoms with Crippen LogP contribution in [0.5, 0.6) is 0 Å². The van der Waals surface area contributed by atoms with Crippen molar-refractivity contribution in [3.05, 3.63) is 36.9 Å². The Hall–Kier alpha value is -2.54. The summed E-state index contributed by atoms with van der Waals surface area (Å²) in [6.45, 7) is -0.145. The summed E-state index contributed by atoms with van der Waals surface area (Å²) in [4.78, 5) is 22.6. The summed E-state index contributed by atoms with van der Waals surface area (Å²) in [6, 6.07) is 3.72. The fourth-order valence-electron chi connectivity index (χ4n) is 3.51. The molecule has 3 aromatic heterocycles. The molecule has 3 aromatic rings. The maximum atomic E-state index is 12.5. The van der Waals surface area contributed by atoms with Crippen LogP contribution in [-0.2, 0) is 11.8 Å². The van der Waals surface area contributed by atoms with E-state index >= 15 is 0 Å². The standard InChI is InChI=1S/C18H16B4N6O/c1-27-9-13(7-25-27)12-4-11-5-15(24-8-14(11)23-6-12)26-16(29)10-28-17(19,20)2-3-18(28,21)22/h4-9H,2-3,10H2,1H3,(H,24,26,29). The Morgan fingerprint density at radius 1 is 1.07 bits per heavy atom. The summed E-state index contributed by atoms with van der Waals surface area (Å²) in [5, 5.41) is 5.28. The molecule has 1 N–H and O–H groups in total. The number of aromatic nitrogens is 4. The molecule has 0 unspecified atom stereocenters. The number of hydrogen-bond donors (Lipinski definition) is 1. The van der Waals surface area contributed by atoms with E-state index in [1.807, 2.05) is 19.3 Å². The predicted octanol–water partition coefficient (Wildman–Crippen LogP) is 0.0462. The van der Waals surface area contributed by atoms with Gasteiger partial charge < -0.3 is 10.2 Å². The zero-order chi connectivity index (χ0) is 20.8. The first-order valence-electron chi connectivity index (χ1n) is 9.12. The minimum absolute atomic E-state index is 0.145. The van der Waals surface area contributed by atoms with Crippen LogP contribution >= 0.6 is 0 Å². The van der Waals surface area contributed by atoms with Gasteiger partial charge >= 0.3 is 0 Å². The molecule has 29 heavy (non-hydrogen) atoms. The molecule has 1 aliphatic rings. The zero-order valence-electron chi connectivity index (χ0n) is 16.0. The maximum absolute atomic E-state index is 12.5. The van der Waals surface area contributed by atoms with Crippen molar-refractivity contribution in [2.45, 2.75) is 23.5 Å². The van der Waals surface area contributed by atoms with Crippen LogP contribution in [-0.4, -0.2) is 79.2 Å². The Kier molecular flexibility index (Phi) is 4.81. The number of nitrogens with zero attached hydrogens (tertiary/aromatic N) is 5. The molecule has 1 fully saturated rings.